The van der Waals surface area contributed by atoms with E-state index in [4.69, 9.17) is 23.2 Å². The molecule has 1 saturated carbocycles. The van der Waals surface area contributed by atoms with Gasteiger partial charge in [0.2, 0.25) is 0 Å². The number of nitrogens with one attached hydrogen (secondary N) is 1. The molecule has 0 aliphatic heterocycles. The van der Waals surface area contributed by atoms with Crippen LogP contribution in [0.15, 0.2) is 12.3 Å². The van der Waals surface area contributed by atoms with Crippen molar-refractivity contribution in [2.45, 2.75) is 32.1 Å². The van der Waals surface area contributed by atoms with Gasteiger partial charge in [0.25, 0.3) is 0 Å². The third kappa shape index (κ3) is 3.26. The SMILES string of the molecule is Clc1cnc(NCC2CCCCC2)c(Cl)c1. The Morgan fingerprint density at radius 3 is 2.69 bits per heavy atom. The highest BCUT2D eigenvalue weighted by Gasteiger charge is 2.13. The molecule has 0 radical (unpaired) electrons. The summed E-state index contributed by atoms with van der Waals surface area (Å²) in [6.07, 6.45) is 8.35. The van der Waals surface area contributed by atoms with Crippen molar-refractivity contribution in [3.05, 3.63) is 22.3 Å². The van der Waals surface area contributed by atoms with Crippen LogP contribution < -0.4 is 5.32 Å². The van der Waals surface area contributed by atoms with Crippen molar-refractivity contribution in [1.82, 2.24) is 4.98 Å². The van der Waals surface area contributed by atoms with Crippen molar-refractivity contribution >= 4 is 29.0 Å². The highest BCUT2D eigenvalue weighted by atomic mass is 35.5. The summed E-state index contributed by atoms with van der Waals surface area (Å²) in [4.78, 5) is 4.19. The van der Waals surface area contributed by atoms with Gasteiger partial charge in [0.15, 0.2) is 0 Å². The van der Waals surface area contributed by atoms with Gasteiger partial charge in [-0.15, -0.1) is 0 Å². The van der Waals surface area contributed by atoms with Crippen LogP contribution >= 0.6 is 23.2 Å². The normalized spacial score (nSPS) is 17.4. The van der Waals surface area contributed by atoms with Crippen LogP contribution in [0.25, 0.3) is 0 Å². The molecule has 88 valence electrons. The number of pyridine rings is 1. The molecule has 2 nitrogen and oxygen atoms in total. The highest BCUT2D eigenvalue weighted by Crippen LogP contribution is 2.26. The molecule has 4 heteroatoms. The minimum atomic E-state index is 0.577. The Balaban J connectivity index is 1.88. The van der Waals surface area contributed by atoms with E-state index in [0.29, 0.717) is 10.0 Å². The van der Waals surface area contributed by atoms with Crippen LogP contribution in [-0.2, 0) is 0 Å². The van der Waals surface area contributed by atoms with Gasteiger partial charge in [-0.3, -0.25) is 0 Å². The Morgan fingerprint density at radius 2 is 2.00 bits per heavy atom. The summed E-state index contributed by atoms with van der Waals surface area (Å²) in [6, 6.07) is 1.72. The second-order valence-corrected chi connectivity index (χ2v) is 5.21. The van der Waals surface area contributed by atoms with Crippen molar-refractivity contribution in [2.75, 3.05) is 11.9 Å². The van der Waals surface area contributed by atoms with E-state index in [1.807, 2.05) is 0 Å². The van der Waals surface area contributed by atoms with E-state index >= 15 is 0 Å². The molecule has 1 aromatic rings. The number of rotatable bonds is 3. The summed E-state index contributed by atoms with van der Waals surface area (Å²) in [6.45, 7) is 0.967. The molecule has 0 saturated heterocycles. The van der Waals surface area contributed by atoms with Crippen LogP contribution in [0, 0.1) is 5.92 Å². The predicted octanol–water partition coefficient (Wildman–Crippen LogP) is 4.38. The van der Waals surface area contributed by atoms with Gasteiger partial charge < -0.3 is 5.32 Å². The predicted molar refractivity (Wildman–Crippen MR) is 69.3 cm³/mol. The van der Waals surface area contributed by atoms with Gasteiger partial charge in [-0.1, -0.05) is 42.5 Å². The average molecular weight is 259 g/mol. The monoisotopic (exact) mass is 258 g/mol. The summed E-state index contributed by atoms with van der Waals surface area (Å²) in [7, 11) is 0. The first-order valence-corrected chi connectivity index (χ1v) is 6.56. The molecular formula is C12H16Cl2N2. The molecule has 1 aliphatic carbocycles. The zero-order valence-corrected chi connectivity index (χ0v) is 10.7. The van der Waals surface area contributed by atoms with E-state index in [2.05, 4.69) is 10.3 Å². The van der Waals surface area contributed by atoms with Gasteiger partial charge >= 0.3 is 0 Å². The largest absolute Gasteiger partial charge is 0.369 e. The first-order chi connectivity index (χ1) is 7.75. The van der Waals surface area contributed by atoms with Crippen molar-refractivity contribution in [3.8, 4) is 0 Å². The molecule has 0 spiro atoms. The standard InChI is InChI=1S/C12H16Cl2N2/c13-10-6-11(14)12(16-8-10)15-7-9-4-2-1-3-5-9/h6,8-9H,1-5,7H2,(H,15,16). The quantitative estimate of drug-likeness (QED) is 0.871. The number of hydrogen-bond donors (Lipinski definition) is 1. The Kier molecular flexibility index (Phi) is 4.30. The molecule has 0 atom stereocenters. The van der Waals surface area contributed by atoms with E-state index in [0.717, 1.165) is 18.3 Å². The highest BCUT2D eigenvalue weighted by molar-refractivity contribution is 6.35. The number of anilines is 1. The lowest BCUT2D eigenvalue weighted by atomic mass is 9.89. The van der Waals surface area contributed by atoms with Crippen molar-refractivity contribution in [2.24, 2.45) is 5.92 Å². The van der Waals surface area contributed by atoms with Crippen LogP contribution in [0.3, 0.4) is 0 Å². The van der Waals surface area contributed by atoms with Gasteiger partial charge in [0, 0.05) is 12.7 Å². The average Bonchev–Trinajstić information content (AvgIpc) is 2.29. The van der Waals surface area contributed by atoms with Crippen LogP contribution in [0.2, 0.25) is 10.0 Å². The fourth-order valence-corrected chi connectivity index (χ4v) is 2.62. The van der Waals surface area contributed by atoms with E-state index in [-0.39, 0.29) is 0 Å². The lowest BCUT2D eigenvalue weighted by Gasteiger charge is -2.22. The topological polar surface area (TPSA) is 24.9 Å². The summed E-state index contributed by atoms with van der Waals surface area (Å²) < 4.78 is 0. The molecule has 1 N–H and O–H groups in total. The molecule has 0 amide bonds. The number of halogens is 2. The fraction of sp³-hybridized carbons (Fsp3) is 0.583. The van der Waals surface area contributed by atoms with Crippen LogP contribution in [-0.4, -0.2) is 11.5 Å². The van der Waals surface area contributed by atoms with E-state index in [9.17, 15) is 0 Å². The lowest BCUT2D eigenvalue weighted by Crippen LogP contribution is -2.17. The smallest absolute Gasteiger partial charge is 0.144 e. The summed E-state index contributed by atoms with van der Waals surface area (Å²) in [5.74, 6) is 1.51. The second kappa shape index (κ2) is 5.74. The van der Waals surface area contributed by atoms with Crippen molar-refractivity contribution < 1.29 is 0 Å². The van der Waals surface area contributed by atoms with E-state index < -0.39 is 0 Å². The fourth-order valence-electron chi connectivity index (χ4n) is 2.18. The molecule has 0 aromatic carbocycles. The maximum atomic E-state index is 6.04. The Morgan fingerprint density at radius 1 is 1.25 bits per heavy atom. The molecule has 16 heavy (non-hydrogen) atoms. The summed E-state index contributed by atoms with van der Waals surface area (Å²) >= 11 is 11.8. The van der Waals surface area contributed by atoms with Crippen molar-refractivity contribution in [3.63, 3.8) is 0 Å². The number of nitrogens with zero attached hydrogens (tertiary/aromatic N) is 1. The number of hydrogen-bond acceptors (Lipinski definition) is 2. The molecule has 2 rings (SSSR count). The summed E-state index contributed by atoms with van der Waals surface area (Å²) in [5.41, 5.74) is 0. The Hall–Kier alpha value is -0.470. The van der Waals surface area contributed by atoms with Crippen molar-refractivity contribution in [1.29, 1.82) is 0 Å². The maximum Gasteiger partial charge on any atom is 0.144 e. The minimum Gasteiger partial charge on any atom is -0.369 e. The molecule has 1 aliphatic rings. The van der Waals surface area contributed by atoms with Crippen LogP contribution in [0.1, 0.15) is 32.1 Å². The zero-order chi connectivity index (χ0) is 11.4. The van der Waals surface area contributed by atoms with Crippen LogP contribution in [0.4, 0.5) is 5.82 Å². The third-order valence-electron chi connectivity index (χ3n) is 3.09. The minimum absolute atomic E-state index is 0.577. The van der Waals surface area contributed by atoms with E-state index in [1.165, 1.54) is 32.1 Å². The van der Waals surface area contributed by atoms with E-state index in [1.54, 1.807) is 12.3 Å². The molecule has 1 heterocycles. The Labute approximate surface area is 106 Å². The Bertz CT molecular complexity index is 349. The van der Waals surface area contributed by atoms with Gasteiger partial charge in [0.1, 0.15) is 5.82 Å². The van der Waals surface area contributed by atoms with Gasteiger partial charge in [-0.25, -0.2) is 4.98 Å². The van der Waals surface area contributed by atoms with Gasteiger partial charge in [0.05, 0.1) is 10.0 Å². The molecule has 1 aromatic heterocycles. The molecule has 1 fully saturated rings. The van der Waals surface area contributed by atoms with Gasteiger partial charge in [-0.05, 0) is 24.8 Å². The molecule has 0 unspecified atom stereocenters. The first kappa shape index (κ1) is 12.0. The maximum absolute atomic E-state index is 6.04. The molecular weight excluding hydrogens is 243 g/mol. The second-order valence-electron chi connectivity index (χ2n) is 4.37. The first-order valence-electron chi connectivity index (χ1n) is 5.80. The summed E-state index contributed by atoms with van der Waals surface area (Å²) in [5, 5.41) is 4.49. The molecule has 0 bridgehead atoms. The lowest BCUT2D eigenvalue weighted by molar-refractivity contribution is 0.373. The zero-order valence-electron chi connectivity index (χ0n) is 9.18. The third-order valence-corrected chi connectivity index (χ3v) is 3.59. The number of aromatic nitrogens is 1. The van der Waals surface area contributed by atoms with Gasteiger partial charge in [-0.2, -0.15) is 0 Å². The van der Waals surface area contributed by atoms with Crippen LogP contribution in [0.5, 0.6) is 0 Å².